The van der Waals surface area contributed by atoms with Crippen molar-refractivity contribution < 1.29 is 4.79 Å². The van der Waals surface area contributed by atoms with Crippen molar-refractivity contribution in [1.29, 1.82) is 0 Å². The molecule has 114 valence electrons. The van der Waals surface area contributed by atoms with Gasteiger partial charge in [0.1, 0.15) is 5.15 Å². The third kappa shape index (κ3) is 4.10. The van der Waals surface area contributed by atoms with Crippen LogP contribution in [0, 0.1) is 11.8 Å². The van der Waals surface area contributed by atoms with Crippen molar-refractivity contribution in [3.63, 3.8) is 0 Å². The first-order valence-electron chi connectivity index (χ1n) is 7.87. The molecule has 2 N–H and O–H groups in total. The van der Waals surface area contributed by atoms with Gasteiger partial charge in [-0.3, -0.25) is 0 Å². The van der Waals surface area contributed by atoms with Crippen LogP contribution in [0.1, 0.15) is 44.1 Å². The van der Waals surface area contributed by atoms with E-state index >= 15 is 0 Å². The van der Waals surface area contributed by atoms with Crippen molar-refractivity contribution in [3.05, 3.63) is 29.0 Å². The van der Waals surface area contributed by atoms with E-state index in [1.807, 2.05) is 6.07 Å². The number of urea groups is 1. The second-order valence-electron chi connectivity index (χ2n) is 6.22. The van der Waals surface area contributed by atoms with E-state index < -0.39 is 0 Å². The third-order valence-electron chi connectivity index (χ3n) is 4.66. The summed E-state index contributed by atoms with van der Waals surface area (Å²) in [5.41, 5.74) is 0.963. The van der Waals surface area contributed by atoms with E-state index in [9.17, 15) is 4.79 Å². The van der Waals surface area contributed by atoms with E-state index in [0.717, 1.165) is 17.9 Å². The summed E-state index contributed by atoms with van der Waals surface area (Å²) in [6.07, 6.45) is 9.61. The van der Waals surface area contributed by atoms with Crippen LogP contribution >= 0.6 is 11.6 Å². The lowest BCUT2D eigenvalue weighted by Gasteiger charge is -2.21. The molecule has 1 aromatic heterocycles. The molecular weight excluding hydrogens is 286 g/mol. The highest BCUT2D eigenvalue weighted by Gasteiger charge is 2.43. The molecule has 2 aliphatic carbocycles. The Labute approximate surface area is 130 Å². The van der Waals surface area contributed by atoms with Crippen LogP contribution in [0.5, 0.6) is 0 Å². The van der Waals surface area contributed by atoms with Crippen molar-refractivity contribution >= 4 is 17.6 Å². The standard InChI is InChI=1S/C16H22ClN3O/c17-15-8-11(6-7-18-15)10-19-16(21)20-14-9-13(14)12-4-2-1-3-5-12/h6-8,12-14H,1-5,9-10H2,(H2,19,20,21)/t13-,14+/m1/s1. The normalized spacial score (nSPS) is 25.4. The van der Waals surface area contributed by atoms with E-state index in [1.165, 1.54) is 32.1 Å². The lowest BCUT2D eigenvalue weighted by molar-refractivity contribution is 0.238. The molecule has 5 heteroatoms. The first-order valence-corrected chi connectivity index (χ1v) is 8.25. The zero-order valence-electron chi connectivity index (χ0n) is 12.1. The Bertz CT molecular complexity index is 502. The maximum absolute atomic E-state index is 11.9. The van der Waals surface area contributed by atoms with Gasteiger partial charge in [0.05, 0.1) is 0 Å². The van der Waals surface area contributed by atoms with Crippen LogP contribution in [0.25, 0.3) is 0 Å². The molecule has 2 atom stereocenters. The van der Waals surface area contributed by atoms with Gasteiger partial charge in [-0.1, -0.05) is 43.7 Å². The first-order chi connectivity index (χ1) is 10.2. The van der Waals surface area contributed by atoms with Crippen molar-refractivity contribution in [2.45, 2.75) is 51.1 Å². The molecule has 0 saturated heterocycles. The third-order valence-corrected chi connectivity index (χ3v) is 4.86. The fourth-order valence-corrected chi connectivity index (χ4v) is 3.61. The highest BCUT2D eigenvalue weighted by molar-refractivity contribution is 6.29. The summed E-state index contributed by atoms with van der Waals surface area (Å²) < 4.78 is 0. The van der Waals surface area contributed by atoms with Gasteiger partial charge < -0.3 is 10.6 Å². The Morgan fingerprint density at radius 1 is 1.33 bits per heavy atom. The fraction of sp³-hybridized carbons (Fsp3) is 0.625. The Balaban J connectivity index is 1.39. The fourth-order valence-electron chi connectivity index (χ4n) is 3.42. The predicted octanol–water partition coefficient (Wildman–Crippen LogP) is 3.50. The summed E-state index contributed by atoms with van der Waals surface area (Å²) in [6, 6.07) is 3.93. The molecule has 2 amide bonds. The van der Waals surface area contributed by atoms with Crippen LogP contribution < -0.4 is 10.6 Å². The molecule has 4 nitrogen and oxygen atoms in total. The average Bonchev–Trinajstić information content (AvgIpc) is 3.25. The molecule has 21 heavy (non-hydrogen) atoms. The number of halogens is 1. The first kappa shape index (κ1) is 14.6. The van der Waals surface area contributed by atoms with Gasteiger partial charge in [-0.2, -0.15) is 0 Å². The van der Waals surface area contributed by atoms with Crippen molar-refractivity contribution in [3.8, 4) is 0 Å². The van der Waals surface area contributed by atoms with Crippen molar-refractivity contribution in [2.75, 3.05) is 0 Å². The van der Waals surface area contributed by atoms with E-state index in [1.54, 1.807) is 12.3 Å². The van der Waals surface area contributed by atoms with Gasteiger partial charge in [-0.05, 0) is 36.0 Å². The van der Waals surface area contributed by atoms with Crippen LogP contribution in [-0.4, -0.2) is 17.1 Å². The summed E-state index contributed by atoms with van der Waals surface area (Å²) in [5.74, 6) is 1.55. The number of rotatable bonds is 4. The molecule has 0 bridgehead atoms. The Kier molecular flexibility index (Phi) is 4.63. The predicted molar refractivity (Wildman–Crippen MR) is 83.1 cm³/mol. The second kappa shape index (κ2) is 6.65. The smallest absolute Gasteiger partial charge is 0.315 e. The van der Waals surface area contributed by atoms with Gasteiger partial charge in [0.15, 0.2) is 0 Å². The maximum Gasteiger partial charge on any atom is 0.315 e. The van der Waals surface area contributed by atoms with Crippen LogP contribution in [0.15, 0.2) is 18.3 Å². The van der Waals surface area contributed by atoms with Gasteiger partial charge >= 0.3 is 6.03 Å². The molecule has 0 spiro atoms. The summed E-state index contributed by atoms with van der Waals surface area (Å²) in [5, 5.41) is 6.42. The number of carbonyl (C=O) groups is 1. The SMILES string of the molecule is O=C(NCc1ccnc(Cl)c1)N[C@H]1C[C@@H]1C1CCCCC1. The van der Waals surface area contributed by atoms with E-state index in [2.05, 4.69) is 15.6 Å². The topological polar surface area (TPSA) is 54.0 Å². The molecule has 0 unspecified atom stereocenters. The minimum absolute atomic E-state index is 0.0776. The molecule has 0 aromatic carbocycles. The average molecular weight is 308 g/mol. The number of pyridine rings is 1. The second-order valence-corrected chi connectivity index (χ2v) is 6.61. The van der Waals surface area contributed by atoms with Gasteiger partial charge in [0.2, 0.25) is 0 Å². The molecule has 3 rings (SSSR count). The molecule has 1 aromatic rings. The van der Waals surface area contributed by atoms with Crippen LogP contribution in [-0.2, 0) is 6.54 Å². The quantitative estimate of drug-likeness (QED) is 0.836. The minimum Gasteiger partial charge on any atom is -0.335 e. The van der Waals surface area contributed by atoms with E-state index in [-0.39, 0.29) is 6.03 Å². The molecule has 0 radical (unpaired) electrons. The number of hydrogen-bond acceptors (Lipinski definition) is 2. The molecule has 0 aliphatic heterocycles. The Morgan fingerprint density at radius 3 is 2.90 bits per heavy atom. The zero-order chi connectivity index (χ0) is 14.7. The van der Waals surface area contributed by atoms with Gasteiger partial charge in [0.25, 0.3) is 0 Å². The number of amides is 2. The number of hydrogen-bond donors (Lipinski definition) is 2. The van der Waals surface area contributed by atoms with Crippen LogP contribution in [0.4, 0.5) is 4.79 Å². The number of nitrogens with one attached hydrogen (secondary N) is 2. The van der Waals surface area contributed by atoms with Gasteiger partial charge in [-0.15, -0.1) is 0 Å². The summed E-state index contributed by atoms with van der Waals surface area (Å²) in [6.45, 7) is 0.481. The molecule has 1 heterocycles. The van der Waals surface area contributed by atoms with Crippen molar-refractivity contribution in [1.82, 2.24) is 15.6 Å². The van der Waals surface area contributed by atoms with E-state index in [0.29, 0.717) is 23.7 Å². The van der Waals surface area contributed by atoms with Gasteiger partial charge in [0, 0.05) is 18.8 Å². The number of nitrogens with zero attached hydrogens (tertiary/aromatic N) is 1. The summed E-state index contributed by atoms with van der Waals surface area (Å²) in [4.78, 5) is 15.8. The monoisotopic (exact) mass is 307 g/mol. The Hall–Kier alpha value is -1.29. The molecular formula is C16H22ClN3O. The zero-order valence-corrected chi connectivity index (χ0v) is 12.9. The lowest BCUT2D eigenvalue weighted by Crippen LogP contribution is -2.37. The minimum atomic E-state index is -0.0776. The lowest BCUT2D eigenvalue weighted by atomic mass is 9.85. The summed E-state index contributed by atoms with van der Waals surface area (Å²) in [7, 11) is 0. The molecule has 2 fully saturated rings. The van der Waals surface area contributed by atoms with Crippen LogP contribution in [0.3, 0.4) is 0 Å². The Morgan fingerprint density at radius 2 is 2.14 bits per heavy atom. The number of aromatic nitrogens is 1. The molecule has 2 aliphatic rings. The van der Waals surface area contributed by atoms with Crippen molar-refractivity contribution in [2.24, 2.45) is 11.8 Å². The van der Waals surface area contributed by atoms with E-state index in [4.69, 9.17) is 11.6 Å². The van der Waals surface area contributed by atoms with Crippen LogP contribution in [0.2, 0.25) is 5.15 Å². The molecule has 2 saturated carbocycles. The maximum atomic E-state index is 11.9. The largest absolute Gasteiger partial charge is 0.335 e. The highest BCUT2D eigenvalue weighted by atomic mass is 35.5. The number of carbonyl (C=O) groups excluding carboxylic acids is 1. The summed E-state index contributed by atoms with van der Waals surface area (Å²) >= 11 is 5.82. The van der Waals surface area contributed by atoms with Gasteiger partial charge in [-0.25, -0.2) is 9.78 Å². The highest BCUT2D eigenvalue weighted by Crippen LogP contribution is 2.44.